The van der Waals surface area contributed by atoms with Crippen molar-refractivity contribution < 1.29 is 13.2 Å². The Morgan fingerprint density at radius 1 is 1.50 bits per heavy atom. The van der Waals surface area contributed by atoms with Crippen LogP contribution in [0.15, 0.2) is 16.3 Å². The van der Waals surface area contributed by atoms with E-state index in [9.17, 15) is 8.42 Å². The van der Waals surface area contributed by atoms with Crippen LogP contribution < -0.4 is 10.5 Å². The fraction of sp³-hybridized carbons (Fsp3) is 0.583. The van der Waals surface area contributed by atoms with Crippen LogP contribution in [0.2, 0.25) is 0 Å². The van der Waals surface area contributed by atoms with Gasteiger partial charge in [0, 0.05) is 18.6 Å². The molecule has 3 rings (SSSR count). The fourth-order valence-corrected chi connectivity index (χ4v) is 5.26. The van der Waals surface area contributed by atoms with Crippen molar-refractivity contribution in [3.05, 3.63) is 17.0 Å². The van der Waals surface area contributed by atoms with Crippen LogP contribution in [0, 0.1) is 17.2 Å². The molecule has 1 aromatic rings. The Morgan fingerprint density at radius 2 is 2.30 bits per heavy atom. The first-order valence-corrected chi connectivity index (χ1v) is 8.72. The molecule has 0 spiro atoms. The number of nitrogens with zero attached hydrogens (tertiary/aromatic N) is 1. The number of ether oxygens (including phenoxy) is 1. The predicted octanol–water partition coefficient (Wildman–Crippen LogP) is 0.403. The largest absolute Gasteiger partial charge is 0.376 e. The van der Waals surface area contributed by atoms with E-state index in [1.807, 2.05) is 6.07 Å². The van der Waals surface area contributed by atoms with Crippen LogP contribution in [0.5, 0.6) is 0 Å². The second-order valence-corrected chi connectivity index (χ2v) is 8.12. The summed E-state index contributed by atoms with van der Waals surface area (Å²) < 4.78 is 32.9. The van der Waals surface area contributed by atoms with Crippen molar-refractivity contribution in [3.8, 4) is 6.07 Å². The quantitative estimate of drug-likeness (QED) is 0.840. The highest BCUT2D eigenvalue weighted by Gasteiger charge is 2.52. The summed E-state index contributed by atoms with van der Waals surface area (Å²) in [6.07, 6.45) is 1.84. The first kappa shape index (κ1) is 14.0. The highest BCUT2D eigenvalue weighted by molar-refractivity contribution is 7.91. The summed E-state index contributed by atoms with van der Waals surface area (Å²) in [6.45, 7) is 0.656. The molecule has 4 atom stereocenters. The van der Waals surface area contributed by atoms with E-state index < -0.39 is 10.0 Å². The molecule has 2 aliphatic rings. The lowest BCUT2D eigenvalue weighted by Gasteiger charge is -2.52. The van der Waals surface area contributed by atoms with Gasteiger partial charge in [-0.2, -0.15) is 5.26 Å². The molecule has 6 nitrogen and oxygen atoms in total. The molecule has 2 heterocycles. The Hall–Kier alpha value is -0.980. The van der Waals surface area contributed by atoms with E-state index in [2.05, 4.69) is 4.72 Å². The predicted molar refractivity (Wildman–Crippen MR) is 73.6 cm³/mol. The molecule has 8 heteroatoms. The molecule has 20 heavy (non-hydrogen) atoms. The Morgan fingerprint density at radius 3 is 3.00 bits per heavy atom. The van der Waals surface area contributed by atoms with Gasteiger partial charge in [0.1, 0.15) is 15.2 Å². The minimum Gasteiger partial charge on any atom is -0.376 e. The number of nitriles is 1. The third kappa shape index (κ3) is 2.25. The molecule has 0 amide bonds. The van der Waals surface area contributed by atoms with Crippen molar-refractivity contribution in [1.82, 2.24) is 4.72 Å². The normalized spacial score (nSPS) is 33.0. The second-order valence-electron chi connectivity index (χ2n) is 5.10. The lowest BCUT2D eigenvalue weighted by molar-refractivity contribution is -0.114. The van der Waals surface area contributed by atoms with Gasteiger partial charge in [-0.15, -0.1) is 11.3 Å². The van der Waals surface area contributed by atoms with Gasteiger partial charge in [0.25, 0.3) is 0 Å². The van der Waals surface area contributed by atoms with Gasteiger partial charge in [-0.05, 0) is 25.0 Å². The molecule has 1 aliphatic heterocycles. The van der Waals surface area contributed by atoms with Gasteiger partial charge in [-0.1, -0.05) is 0 Å². The van der Waals surface area contributed by atoms with Gasteiger partial charge in [0.15, 0.2) is 0 Å². The van der Waals surface area contributed by atoms with Gasteiger partial charge in [0.05, 0.1) is 12.1 Å². The van der Waals surface area contributed by atoms with Crippen LogP contribution in [-0.4, -0.2) is 33.2 Å². The van der Waals surface area contributed by atoms with Crippen LogP contribution in [0.4, 0.5) is 0 Å². The first-order chi connectivity index (χ1) is 9.53. The Labute approximate surface area is 121 Å². The Bertz CT molecular complexity index is 649. The highest BCUT2D eigenvalue weighted by atomic mass is 32.2. The Balaban J connectivity index is 1.75. The van der Waals surface area contributed by atoms with Crippen molar-refractivity contribution >= 4 is 21.4 Å². The summed E-state index contributed by atoms with van der Waals surface area (Å²) in [6, 6.07) is 4.29. The first-order valence-electron chi connectivity index (χ1n) is 6.42. The van der Waals surface area contributed by atoms with Gasteiger partial charge >= 0.3 is 0 Å². The van der Waals surface area contributed by atoms with Crippen molar-refractivity contribution in [3.63, 3.8) is 0 Å². The van der Waals surface area contributed by atoms with Crippen LogP contribution in [0.1, 0.15) is 17.7 Å². The molecule has 2 fully saturated rings. The third-order valence-electron chi connectivity index (χ3n) is 3.92. The molecule has 1 aliphatic carbocycles. The zero-order valence-corrected chi connectivity index (χ0v) is 12.3. The molecule has 108 valence electrons. The lowest BCUT2D eigenvalue weighted by Crippen LogP contribution is -2.71. The van der Waals surface area contributed by atoms with Crippen LogP contribution >= 0.6 is 11.3 Å². The maximum atomic E-state index is 12.3. The van der Waals surface area contributed by atoms with Crippen LogP contribution in [-0.2, 0) is 14.8 Å². The van der Waals surface area contributed by atoms with E-state index in [0.717, 1.165) is 24.2 Å². The summed E-state index contributed by atoms with van der Waals surface area (Å²) in [5.41, 5.74) is 6.04. The van der Waals surface area contributed by atoms with E-state index in [1.165, 1.54) is 12.1 Å². The number of fused-ring (bicyclic) bond motifs is 1. The molecular weight excluding hydrogens is 298 g/mol. The summed E-state index contributed by atoms with van der Waals surface area (Å²) in [5, 5.41) is 8.76. The van der Waals surface area contributed by atoms with Crippen molar-refractivity contribution in [2.24, 2.45) is 11.7 Å². The maximum absolute atomic E-state index is 12.3. The number of hydrogen-bond donors (Lipinski definition) is 2. The topological polar surface area (TPSA) is 105 Å². The lowest BCUT2D eigenvalue weighted by atomic mass is 9.69. The number of nitrogens with two attached hydrogens (primary N) is 1. The van der Waals surface area contributed by atoms with Gasteiger partial charge in [0.2, 0.25) is 10.0 Å². The van der Waals surface area contributed by atoms with E-state index >= 15 is 0 Å². The summed E-state index contributed by atoms with van der Waals surface area (Å²) in [7, 11) is -3.64. The van der Waals surface area contributed by atoms with E-state index in [-0.39, 0.29) is 28.3 Å². The van der Waals surface area contributed by atoms with E-state index in [4.69, 9.17) is 15.7 Å². The third-order valence-corrected chi connectivity index (χ3v) is 6.87. The van der Waals surface area contributed by atoms with Crippen molar-refractivity contribution in [1.29, 1.82) is 5.26 Å². The van der Waals surface area contributed by atoms with E-state index in [1.54, 1.807) is 0 Å². The molecule has 0 aromatic carbocycles. The summed E-state index contributed by atoms with van der Waals surface area (Å²) in [4.78, 5) is 0.370. The summed E-state index contributed by atoms with van der Waals surface area (Å²) in [5.74, 6) is 0.245. The second kappa shape index (κ2) is 5.09. The molecule has 3 N–H and O–H groups in total. The number of nitrogens with one attached hydrogen (secondary N) is 1. The number of sulfonamides is 1. The SMILES string of the molecule is N#Cc1ccc(S(=O)(=O)NC2C(N)C3CCCOC32)s1. The van der Waals surface area contributed by atoms with Crippen LogP contribution in [0.3, 0.4) is 0 Å². The molecular formula is C12H15N3O3S2. The average molecular weight is 313 g/mol. The fourth-order valence-electron chi connectivity index (χ4n) is 2.86. The zero-order valence-electron chi connectivity index (χ0n) is 10.7. The van der Waals surface area contributed by atoms with Crippen molar-refractivity contribution in [2.45, 2.75) is 35.2 Å². The van der Waals surface area contributed by atoms with Gasteiger partial charge < -0.3 is 10.5 Å². The van der Waals surface area contributed by atoms with Gasteiger partial charge in [-0.25, -0.2) is 13.1 Å². The molecule has 1 saturated carbocycles. The minimum atomic E-state index is -3.64. The standard InChI is InChI=1S/C12H15N3O3S2/c13-6-7-3-4-9(19-7)20(16,17)15-11-10(14)8-2-1-5-18-12(8)11/h3-4,8,10-12,15H,1-2,5,14H2. The molecule has 1 saturated heterocycles. The van der Waals surface area contributed by atoms with Gasteiger partial charge in [-0.3, -0.25) is 0 Å². The monoisotopic (exact) mass is 313 g/mol. The summed E-state index contributed by atoms with van der Waals surface area (Å²) >= 11 is 0.954. The minimum absolute atomic E-state index is 0.121. The molecule has 0 bridgehead atoms. The molecule has 0 radical (unpaired) electrons. The Kier molecular flexibility index (Phi) is 3.56. The highest BCUT2D eigenvalue weighted by Crippen LogP contribution is 2.37. The van der Waals surface area contributed by atoms with Crippen molar-refractivity contribution in [2.75, 3.05) is 6.61 Å². The smallest absolute Gasteiger partial charge is 0.250 e. The van der Waals surface area contributed by atoms with Crippen LogP contribution in [0.25, 0.3) is 0 Å². The number of thiophene rings is 1. The van der Waals surface area contributed by atoms with E-state index in [0.29, 0.717) is 11.5 Å². The zero-order chi connectivity index (χ0) is 14.3. The number of rotatable bonds is 3. The average Bonchev–Trinajstić information content (AvgIpc) is 2.94. The maximum Gasteiger partial charge on any atom is 0.250 e. The molecule has 1 aromatic heterocycles. The molecule has 4 unspecified atom stereocenters. The number of hydrogen-bond acceptors (Lipinski definition) is 6.